The van der Waals surface area contributed by atoms with E-state index in [2.05, 4.69) is 5.32 Å². The quantitative estimate of drug-likeness (QED) is 0.420. The number of hydrogen-bond donors (Lipinski definition) is 1. The van der Waals surface area contributed by atoms with Crippen LogP contribution in [0.2, 0.25) is 5.02 Å². The molecule has 2 heterocycles. The van der Waals surface area contributed by atoms with Gasteiger partial charge < -0.3 is 19.5 Å². The smallest absolute Gasteiger partial charge is 0.238 e. The minimum Gasteiger partial charge on any atom is -0.494 e. The molecule has 1 atom stereocenters. The third-order valence-corrected chi connectivity index (χ3v) is 7.13. The van der Waals surface area contributed by atoms with Crippen LogP contribution in [0.25, 0.3) is 0 Å². The number of thioether (sulfide) groups is 1. The zero-order valence-corrected chi connectivity index (χ0v) is 21.6. The number of aliphatic imine (C=N–C) groups is 1. The molecule has 37 heavy (non-hydrogen) atoms. The fraction of sp³-hybridized carbons (Fsp3) is 0.222. The van der Waals surface area contributed by atoms with E-state index in [4.69, 9.17) is 30.8 Å². The van der Waals surface area contributed by atoms with Crippen molar-refractivity contribution in [2.24, 2.45) is 4.99 Å². The summed E-state index contributed by atoms with van der Waals surface area (Å²) in [7, 11) is 0. The van der Waals surface area contributed by atoms with Crippen LogP contribution in [-0.2, 0) is 16.1 Å². The summed E-state index contributed by atoms with van der Waals surface area (Å²) in [4.78, 5) is 32.8. The fourth-order valence-electron chi connectivity index (χ4n) is 3.87. The normalized spacial score (nSPS) is 17.7. The molecule has 2 aliphatic rings. The van der Waals surface area contributed by atoms with Gasteiger partial charge in [-0.3, -0.25) is 14.5 Å². The van der Waals surface area contributed by atoms with Crippen molar-refractivity contribution in [2.45, 2.75) is 25.1 Å². The number of carbonyl (C=O) groups excluding carboxylic acids is 2. The van der Waals surface area contributed by atoms with E-state index in [1.54, 1.807) is 53.4 Å². The first-order chi connectivity index (χ1) is 18.0. The molecule has 0 bridgehead atoms. The summed E-state index contributed by atoms with van der Waals surface area (Å²) in [6.07, 6.45) is 0.0394. The van der Waals surface area contributed by atoms with Crippen molar-refractivity contribution >= 4 is 51.7 Å². The lowest BCUT2D eigenvalue weighted by atomic mass is 10.1. The van der Waals surface area contributed by atoms with E-state index < -0.39 is 5.25 Å². The van der Waals surface area contributed by atoms with Crippen molar-refractivity contribution in [3.63, 3.8) is 0 Å². The minimum absolute atomic E-state index is 0.0394. The number of rotatable bonds is 7. The Kier molecular flexibility index (Phi) is 7.52. The molecule has 2 amide bonds. The fourth-order valence-corrected chi connectivity index (χ4v) is 5.09. The lowest BCUT2D eigenvalue weighted by Crippen LogP contribution is -2.44. The summed E-state index contributed by atoms with van der Waals surface area (Å²) in [5.41, 5.74) is 2.11. The average Bonchev–Trinajstić information content (AvgIpc) is 3.36. The molecule has 2 aliphatic heterocycles. The Bertz CT molecular complexity index is 1330. The molecule has 0 radical (unpaired) electrons. The Labute approximate surface area is 223 Å². The highest BCUT2D eigenvalue weighted by Gasteiger charge is 2.36. The molecule has 0 spiro atoms. The summed E-state index contributed by atoms with van der Waals surface area (Å²) in [5, 5.41) is 3.27. The zero-order chi connectivity index (χ0) is 25.8. The maximum absolute atomic E-state index is 13.3. The van der Waals surface area contributed by atoms with Crippen LogP contribution >= 0.6 is 23.4 Å². The number of halogens is 1. The molecule has 1 N–H and O–H groups in total. The third-order valence-electron chi connectivity index (χ3n) is 5.69. The van der Waals surface area contributed by atoms with E-state index in [0.29, 0.717) is 39.7 Å². The molecule has 190 valence electrons. The van der Waals surface area contributed by atoms with Crippen molar-refractivity contribution in [3.05, 3.63) is 77.3 Å². The van der Waals surface area contributed by atoms with E-state index in [1.165, 1.54) is 11.8 Å². The van der Waals surface area contributed by atoms with Crippen molar-refractivity contribution in [1.82, 2.24) is 4.90 Å². The number of ether oxygens (including phenoxy) is 3. The van der Waals surface area contributed by atoms with E-state index >= 15 is 0 Å². The van der Waals surface area contributed by atoms with Crippen molar-refractivity contribution in [2.75, 3.05) is 18.7 Å². The summed E-state index contributed by atoms with van der Waals surface area (Å²) >= 11 is 7.28. The van der Waals surface area contributed by atoms with E-state index in [1.807, 2.05) is 25.1 Å². The summed E-state index contributed by atoms with van der Waals surface area (Å²) < 4.78 is 16.3. The SMILES string of the molecule is CCOc1ccc(NC(=O)C2CC(=O)N(Cc3ccc4c(c3)OCO4)C(=Nc3ccc(Cl)cc3)S2)cc1. The maximum atomic E-state index is 13.3. The van der Waals surface area contributed by atoms with E-state index in [-0.39, 0.29) is 31.6 Å². The molecular formula is C27H24ClN3O5S. The number of hydrogen-bond acceptors (Lipinski definition) is 7. The summed E-state index contributed by atoms with van der Waals surface area (Å²) in [6.45, 7) is 2.92. The van der Waals surface area contributed by atoms with Gasteiger partial charge in [0.1, 0.15) is 11.0 Å². The topological polar surface area (TPSA) is 89.5 Å². The molecule has 1 saturated heterocycles. The summed E-state index contributed by atoms with van der Waals surface area (Å²) in [6, 6.07) is 19.7. The standard InChI is InChI=1S/C27H24ClN3O5S/c1-2-34-21-10-8-19(9-11-21)29-26(33)24-14-25(32)31(15-17-3-12-22-23(13-17)36-16-35-22)27(37-24)30-20-6-4-18(28)5-7-20/h3-13,24H,2,14-16H2,1H3,(H,29,33). The molecule has 3 aromatic carbocycles. The maximum Gasteiger partial charge on any atom is 0.238 e. The largest absolute Gasteiger partial charge is 0.494 e. The molecule has 1 fully saturated rings. The highest BCUT2D eigenvalue weighted by molar-refractivity contribution is 8.15. The summed E-state index contributed by atoms with van der Waals surface area (Å²) in [5.74, 6) is 1.56. The van der Waals surface area contributed by atoms with Gasteiger partial charge in [-0.05, 0) is 73.2 Å². The monoisotopic (exact) mass is 537 g/mol. The second-order valence-corrected chi connectivity index (χ2v) is 9.90. The van der Waals surface area contributed by atoms with E-state index in [9.17, 15) is 9.59 Å². The van der Waals surface area contributed by atoms with Gasteiger partial charge in [-0.25, -0.2) is 4.99 Å². The predicted molar refractivity (Wildman–Crippen MR) is 144 cm³/mol. The Hall–Kier alpha value is -3.69. The van der Waals surface area contributed by atoms with Crippen molar-refractivity contribution < 1.29 is 23.8 Å². The number of amidine groups is 1. The Balaban J connectivity index is 1.37. The van der Waals surface area contributed by atoms with Gasteiger partial charge in [0.2, 0.25) is 18.6 Å². The highest BCUT2D eigenvalue weighted by Crippen LogP contribution is 2.35. The Morgan fingerprint density at radius 2 is 1.86 bits per heavy atom. The molecular weight excluding hydrogens is 514 g/mol. The van der Waals surface area contributed by atoms with Gasteiger partial charge in [0, 0.05) is 17.1 Å². The first-order valence-corrected chi connectivity index (χ1v) is 13.0. The van der Waals surface area contributed by atoms with Crippen LogP contribution in [0.4, 0.5) is 11.4 Å². The zero-order valence-electron chi connectivity index (χ0n) is 20.0. The van der Waals surface area contributed by atoms with Crippen LogP contribution < -0.4 is 19.5 Å². The van der Waals surface area contributed by atoms with Gasteiger partial charge >= 0.3 is 0 Å². The van der Waals surface area contributed by atoms with Gasteiger partial charge in [0.05, 0.1) is 18.8 Å². The molecule has 8 nitrogen and oxygen atoms in total. The molecule has 5 rings (SSSR count). The molecule has 1 unspecified atom stereocenters. The van der Waals surface area contributed by atoms with Crippen LogP contribution in [0, 0.1) is 0 Å². The second-order valence-electron chi connectivity index (χ2n) is 8.30. The molecule has 3 aromatic rings. The Morgan fingerprint density at radius 3 is 2.62 bits per heavy atom. The number of nitrogens with one attached hydrogen (secondary N) is 1. The van der Waals surface area contributed by atoms with Crippen LogP contribution in [0.5, 0.6) is 17.2 Å². The number of benzene rings is 3. The van der Waals surface area contributed by atoms with Gasteiger partial charge in [-0.15, -0.1) is 0 Å². The van der Waals surface area contributed by atoms with E-state index in [0.717, 1.165) is 11.3 Å². The lowest BCUT2D eigenvalue weighted by Gasteiger charge is -2.32. The van der Waals surface area contributed by atoms with Crippen molar-refractivity contribution in [1.29, 1.82) is 0 Å². The molecule has 0 aromatic heterocycles. The number of anilines is 1. The highest BCUT2D eigenvalue weighted by atomic mass is 35.5. The van der Waals surface area contributed by atoms with Crippen LogP contribution in [-0.4, -0.2) is 40.5 Å². The van der Waals surface area contributed by atoms with Crippen LogP contribution in [0.15, 0.2) is 71.7 Å². The third kappa shape index (κ3) is 6.00. The van der Waals surface area contributed by atoms with Crippen LogP contribution in [0.3, 0.4) is 0 Å². The first-order valence-electron chi connectivity index (χ1n) is 11.7. The number of carbonyl (C=O) groups is 2. The Morgan fingerprint density at radius 1 is 1.11 bits per heavy atom. The first kappa shape index (κ1) is 25.0. The molecule has 0 aliphatic carbocycles. The van der Waals surface area contributed by atoms with Gasteiger partial charge in [-0.2, -0.15) is 0 Å². The van der Waals surface area contributed by atoms with Gasteiger partial charge in [-0.1, -0.05) is 29.4 Å². The van der Waals surface area contributed by atoms with Gasteiger partial charge in [0.25, 0.3) is 0 Å². The number of fused-ring (bicyclic) bond motifs is 1. The predicted octanol–water partition coefficient (Wildman–Crippen LogP) is 5.63. The second kappa shape index (κ2) is 11.1. The minimum atomic E-state index is -0.641. The van der Waals surface area contributed by atoms with Crippen LogP contribution in [0.1, 0.15) is 18.9 Å². The molecule has 10 heteroatoms. The average molecular weight is 538 g/mol. The van der Waals surface area contributed by atoms with Gasteiger partial charge in [0.15, 0.2) is 16.7 Å². The van der Waals surface area contributed by atoms with Crippen molar-refractivity contribution in [3.8, 4) is 17.2 Å². The number of nitrogens with zero attached hydrogens (tertiary/aromatic N) is 2. The number of amides is 2. The molecule has 0 saturated carbocycles. The lowest BCUT2D eigenvalue weighted by molar-refractivity contribution is -0.129.